The van der Waals surface area contributed by atoms with Crippen LogP contribution in [-0.4, -0.2) is 32.1 Å². The van der Waals surface area contributed by atoms with E-state index < -0.39 is 11.7 Å². The molecule has 0 saturated heterocycles. The van der Waals surface area contributed by atoms with Crippen LogP contribution in [0.3, 0.4) is 0 Å². The summed E-state index contributed by atoms with van der Waals surface area (Å²) >= 11 is 0. The minimum absolute atomic E-state index is 0.00813. The summed E-state index contributed by atoms with van der Waals surface area (Å²) in [6, 6.07) is 10.6. The van der Waals surface area contributed by atoms with Gasteiger partial charge in [-0.1, -0.05) is 25.3 Å². The van der Waals surface area contributed by atoms with Crippen molar-refractivity contribution in [2.45, 2.75) is 32.1 Å². The molecule has 0 atom stereocenters. The van der Waals surface area contributed by atoms with Gasteiger partial charge in [-0.2, -0.15) is 0 Å². The van der Waals surface area contributed by atoms with Gasteiger partial charge in [0.05, 0.1) is 12.3 Å². The molecule has 0 heterocycles. The molecule has 30 heavy (non-hydrogen) atoms. The van der Waals surface area contributed by atoms with Crippen LogP contribution < -0.4 is 15.4 Å². The number of carbonyl (C=O) groups is 2. The molecular formula is C23H27FN2O4. The Morgan fingerprint density at radius 1 is 1.03 bits per heavy atom. The molecule has 1 aliphatic carbocycles. The number of hydrogen-bond donors (Lipinski definition) is 2. The van der Waals surface area contributed by atoms with Crippen molar-refractivity contribution in [3.05, 3.63) is 53.8 Å². The number of nitrogens with one attached hydrogen (secondary N) is 2. The Morgan fingerprint density at radius 3 is 2.60 bits per heavy atom. The molecule has 2 aromatic carbocycles. The fourth-order valence-electron chi connectivity index (χ4n) is 3.50. The molecule has 6 nitrogen and oxygen atoms in total. The largest absolute Gasteiger partial charge is 0.489 e. The van der Waals surface area contributed by atoms with Crippen molar-refractivity contribution in [2.24, 2.45) is 5.92 Å². The third kappa shape index (κ3) is 6.03. The maximum Gasteiger partial charge on any atom is 0.255 e. The van der Waals surface area contributed by atoms with Crippen LogP contribution in [0.15, 0.2) is 42.5 Å². The summed E-state index contributed by atoms with van der Waals surface area (Å²) in [5, 5.41) is 5.59. The molecule has 1 fully saturated rings. The van der Waals surface area contributed by atoms with Gasteiger partial charge in [0, 0.05) is 30.3 Å². The third-order valence-corrected chi connectivity index (χ3v) is 5.10. The van der Waals surface area contributed by atoms with E-state index in [0.717, 1.165) is 25.7 Å². The van der Waals surface area contributed by atoms with Crippen LogP contribution in [0.5, 0.6) is 5.75 Å². The van der Waals surface area contributed by atoms with Gasteiger partial charge in [0.1, 0.15) is 18.2 Å². The van der Waals surface area contributed by atoms with Gasteiger partial charge < -0.3 is 20.1 Å². The molecule has 160 valence electrons. The highest BCUT2D eigenvalue weighted by Crippen LogP contribution is 2.27. The molecular weight excluding hydrogens is 387 g/mol. The number of hydrogen-bond acceptors (Lipinski definition) is 4. The van der Waals surface area contributed by atoms with Gasteiger partial charge in [-0.25, -0.2) is 4.39 Å². The maximum absolute atomic E-state index is 13.7. The SMILES string of the molecule is COCCOc1ccc(F)cc1NC(=O)c1cccc(NC(=O)C2CCCCC2)c1. The highest BCUT2D eigenvalue weighted by molar-refractivity contribution is 6.06. The van der Waals surface area contributed by atoms with Crippen molar-refractivity contribution in [3.8, 4) is 5.75 Å². The van der Waals surface area contributed by atoms with E-state index >= 15 is 0 Å². The molecule has 0 aromatic heterocycles. The first-order valence-corrected chi connectivity index (χ1v) is 10.2. The zero-order valence-corrected chi connectivity index (χ0v) is 17.1. The molecule has 7 heteroatoms. The van der Waals surface area contributed by atoms with Crippen molar-refractivity contribution in [1.82, 2.24) is 0 Å². The summed E-state index contributed by atoms with van der Waals surface area (Å²) in [5.74, 6) is -0.547. The zero-order valence-electron chi connectivity index (χ0n) is 17.1. The van der Waals surface area contributed by atoms with Crippen LogP contribution in [0.25, 0.3) is 0 Å². The molecule has 2 N–H and O–H groups in total. The normalized spacial score (nSPS) is 14.2. The van der Waals surface area contributed by atoms with Crippen LogP contribution in [0, 0.1) is 11.7 Å². The van der Waals surface area contributed by atoms with E-state index in [1.54, 1.807) is 31.4 Å². The second-order valence-corrected chi connectivity index (χ2v) is 7.34. The van der Waals surface area contributed by atoms with Crippen molar-refractivity contribution in [2.75, 3.05) is 31.0 Å². The van der Waals surface area contributed by atoms with Crippen molar-refractivity contribution in [3.63, 3.8) is 0 Å². The smallest absolute Gasteiger partial charge is 0.255 e. The molecule has 3 rings (SSSR count). The number of carbonyl (C=O) groups excluding carboxylic acids is 2. The topological polar surface area (TPSA) is 76.7 Å². The molecule has 2 amide bonds. The van der Waals surface area contributed by atoms with Gasteiger partial charge in [0.15, 0.2) is 0 Å². The first-order valence-electron chi connectivity index (χ1n) is 10.2. The van der Waals surface area contributed by atoms with Crippen LogP contribution >= 0.6 is 0 Å². The van der Waals surface area contributed by atoms with E-state index in [-0.39, 0.29) is 24.1 Å². The van der Waals surface area contributed by atoms with E-state index in [1.807, 2.05) is 0 Å². The minimum atomic E-state index is -0.488. The van der Waals surface area contributed by atoms with Crippen LogP contribution in [0.2, 0.25) is 0 Å². The Bertz CT molecular complexity index is 881. The first-order chi connectivity index (χ1) is 14.6. The van der Waals surface area contributed by atoms with Gasteiger partial charge in [-0.3, -0.25) is 9.59 Å². The van der Waals surface area contributed by atoms with E-state index in [9.17, 15) is 14.0 Å². The minimum Gasteiger partial charge on any atom is -0.489 e. The monoisotopic (exact) mass is 414 g/mol. The lowest BCUT2D eigenvalue weighted by Crippen LogP contribution is -2.24. The van der Waals surface area contributed by atoms with E-state index in [1.165, 1.54) is 24.6 Å². The van der Waals surface area contributed by atoms with Crippen molar-refractivity contribution in [1.29, 1.82) is 0 Å². The second-order valence-electron chi connectivity index (χ2n) is 7.34. The lowest BCUT2D eigenvalue weighted by atomic mass is 9.88. The Kier molecular flexibility index (Phi) is 7.79. The number of amides is 2. The van der Waals surface area contributed by atoms with E-state index in [0.29, 0.717) is 23.6 Å². The van der Waals surface area contributed by atoms with Gasteiger partial charge in [-0.05, 0) is 43.2 Å². The van der Waals surface area contributed by atoms with Crippen LogP contribution in [0.4, 0.5) is 15.8 Å². The summed E-state index contributed by atoms with van der Waals surface area (Å²) < 4.78 is 24.2. The number of ether oxygens (including phenoxy) is 2. The molecule has 1 aliphatic rings. The van der Waals surface area contributed by atoms with Crippen LogP contribution in [0.1, 0.15) is 42.5 Å². The predicted octanol–water partition coefficient (Wildman–Crippen LogP) is 4.62. The quantitative estimate of drug-likeness (QED) is 0.618. The van der Waals surface area contributed by atoms with E-state index in [2.05, 4.69) is 10.6 Å². The number of rotatable bonds is 8. The highest BCUT2D eigenvalue weighted by Gasteiger charge is 2.21. The predicted molar refractivity (Wildman–Crippen MR) is 113 cm³/mol. The Balaban J connectivity index is 1.68. The van der Waals surface area contributed by atoms with Gasteiger partial charge in [0.2, 0.25) is 5.91 Å². The molecule has 0 unspecified atom stereocenters. The number of methoxy groups -OCH3 is 1. The Morgan fingerprint density at radius 2 is 1.83 bits per heavy atom. The maximum atomic E-state index is 13.7. The van der Waals surface area contributed by atoms with E-state index in [4.69, 9.17) is 9.47 Å². The summed E-state index contributed by atoms with van der Waals surface area (Å²) in [6.07, 6.45) is 5.12. The van der Waals surface area contributed by atoms with Gasteiger partial charge in [0.25, 0.3) is 5.91 Å². The fraction of sp³-hybridized carbons (Fsp3) is 0.391. The number of anilines is 2. The van der Waals surface area contributed by atoms with Crippen molar-refractivity contribution < 1.29 is 23.5 Å². The lowest BCUT2D eigenvalue weighted by molar-refractivity contribution is -0.120. The molecule has 0 aliphatic heterocycles. The first kappa shape index (κ1) is 21.8. The summed E-state index contributed by atoms with van der Waals surface area (Å²) in [7, 11) is 1.55. The zero-order chi connectivity index (χ0) is 21.3. The molecule has 0 radical (unpaired) electrons. The molecule has 0 spiro atoms. The fourth-order valence-corrected chi connectivity index (χ4v) is 3.50. The number of benzene rings is 2. The molecule has 2 aromatic rings. The van der Waals surface area contributed by atoms with Gasteiger partial charge >= 0.3 is 0 Å². The Hall–Kier alpha value is -2.93. The lowest BCUT2D eigenvalue weighted by Gasteiger charge is -2.20. The Labute approximate surface area is 175 Å². The standard InChI is InChI=1S/C23H27FN2O4/c1-29-12-13-30-21-11-10-18(24)15-20(21)26-23(28)17-8-5-9-19(14-17)25-22(27)16-6-3-2-4-7-16/h5,8-11,14-16H,2-4,6-7,12-13H2,1H3,(H,25,27)(H,26,28). The van der Waals surface area contributed by atoms with Gasteiger partial charge in [-0.15, -0.1) is 0 Å². The molecule has 0 bridgehead atoms. The highest BCUT2D eigenvalue weighted by atomic mass is 19.1. The molecule has 1 saturated carbocycles. The summed E-state index contributed by atoms with van der Waals surface area (Å²) in [5.41, 5.74) is 1.14. The summed E-state index contributed by atoms with van der Waals surface area (Å²) in [4.78, 5) is 25.2. The summed E-state index contributed by atoms with van der Waals surface area (Å²) in [6.45, 7) is 0.640. The van der Waals surface area contributed by atoms with Crippen LogP contribution in [-0.2, 0) is 9.53 Å². The number of halogens is 1. The third-order valence-electron chi connectivity index (χ3n) is 5.10. The average Bonchev–Trinajstić information content (AvgIpc) is 2.76. The van der Waals surface area contributed by atoms with Crippen molar-refractivity contribution >= 4 is 23.2 Å². The second kappa shape index (κ2) is 10.7. The average molecular weight is 414 g/mol.